The lowest BCUT2D eigenvalue weighted by Crippen LogP contribution is -2.47. The zero-order valence-electron chi connectivity index (χ0n) is 11.5. The van der Waals surface area contributed by atoms with Crippen molar-refractivity contribution in [1.82, 2.24) is 10.6 Å². The van der Waals surface area contributed by atoms with Gasteiger partial charge in [-0.3, -0.25) is 4.79 Å². The minimum atomic E-state index is -1.70. The Bertz CT molecular complexity index is 552. The minimum Gasteiger partial charge on any atom is -0.503 e. The van der Waals surface area contributed by atoms with Crippen LogP contribution in [0.3, 0.4) is 0 Å². The number of halogens is 3. The maximum absolute atomic E-state index is 13.6. The Morgan fingerprint density at radius 2 is 2.10 bits per heavy atom. The summed E-state index contributed by atoms with van der Waals surface area (Å²) in [5, 5.41) is 14.8. The molecule has 3 N–H and O–H groups in total. The average Bonchev–Trinajstić information content (AvgIpc) is 2.46. The Hall–Kier alpha value is -1.76. The van der Waals surface area contributed by atoms with Crippen molar-refractivity contribution in [2.75, 3.05) is 6.54 Å². The van der Waals surface area contributed by atoms with Crippen molar-refractivity contribution in [2.45, 2.75) is 38.3 Å². The van der Waals surface area contributed by atoms with Crippen LogP contribution in [0.15, 0.2) is 6.07 Å². The van der Waals surface area contributed by atoms with Crippen molar-refractivity contribution in [3.05, 3.63) is 29.1 Å². The second kappa shape index (κ2) is 6.34. The summed E-state index contributed by atoms with van der Waals surface area (Å²) in [6.07, 6.45) is 2.95. The Morgan fingerprint density at radius 1 is 1.38 bits per heavy atom. The molecule has 1 aliphatic rings. The SMILES string of the molecule is CC1CCCC(CNC(=O)c2cc(F)c(F)c(O)c2F)N1. The van der Waals surface area contributed by atoms with Crippen molar-refractivity contribution in [3.8, 4) is 5.75 Å². The first-order chi connectivity index (χ1) is 9.90. The van der Waals surface area contributed by atoms with Crippen LogP contribution < -0.4 is 10.6 Å². The van der Waals surface area contributed by atoms with Gasteiger partial charge in [-0.2, -0.15) is 4.39 Å². The van der Waals surface area contributed by atoms with Crippen molar-refractivity contribution in [3.63, 3.8) is 0 Å². The molecule has 2 unspecified atom stereocenters. The van der Waals surface area contributed by atoms with E-state index in [4.69, 9.17) is 5.11 Å². The molecule has 1 heterocycles. The van der Waals surface area contributed by atoms with E-state index in [1.54, 1.807) is 0 Å². The summed E-state index contributed by atoms with van der Waals surface area (Å²) >= 11 is 0. The summed E-state index contributed by atoms with van der Waals surface area (Å²) < 4.78 is 39.7. The number of carbonyl (C=O) groups is 1. The number of piperidine rings is 1. The van der Waals surface area contributed by atoms with Crippen LogP contribution in [-0.2, 0) is 0 Å². The Balaban J connectivity index is 2.04. The number of benzene rings is 1. The third-order valence-electron chi connectivity index (χ3n) is 3.60. The van der Waals surface area contributed by atoms with Gasteiger partial charge in [0.1, 0.15) is 0 Å². The molecule has 0 aromatic heterocycles. The number of hydrogen-bond donors (Lipinski definition) is 3. The first-order valence-corrected chi connectivity index (χ1v) is 6.81. The molecule has 0 saturated carbocycles. The molecule has 116 valence electrons. The first kappa shape index (κ1) is 15.6. The number of hydrogen-bond acceptors (Lipinski definition) is 3. The molecule has 0 aliphatic carbocycles. The molecule has 1 aliphatic heterocycles. The number of carbonyl (C=O) groups excluding carboxylic acids is 1. The molecule has 7 heteroatoms. The third kappa shape index (κ3) is 3.47. The van der Waals surface area contributed by atoms with E-state index in [-0.39, 0.29) is 12.6 Å². The number of amides is 1. The van der Waals surface area contributed by atoms with Gasteiger partial charge in [-0.1, -0.05) is 6.42 Å². The Labute approximate surface area is 120 Å². The minimum absolute atomic E-state index is 0.0552. The van der Waals surface area contributed by atoms with E-state index in [9.17, 15) is 18.0 Å². The monoisotopic (exact) mass is 302 g/mol. The normalized spacial score (nSPS) is 22.1. The van der Waals surface area contributed by atoms with Crippen molar-refractivity contribution in [2.24, 2.45) is 0 Å². The van der Waals surface area contributed by atoms with Crippen molar-refractivity contribution < 1.29 is 23.1 Å². The number of rotatable bonds is 3. The summed E-state index contributed by atoms with van der Waals surface area (Å²) in [6.45, 7) is 2.28. The van der Waals surface area contributed by atoms with Gasteiger partial charge in [0.15, 0.2) is 17.4 Å². The number of phenolic OH excluding ortho intramolecular Hbond substituents is 1. The van der Waals surface area contributed by atoms with Crippen molar-refractivity contribution in [1.29, 1.82) is 0 Å². The molecular formula is C14H17F3N2O2. The largest absolute Gasteiger partial charge is 0.503 e. The van der Waals surface area contributed by atoms with Crippen LogP contribution in [0.4, 0.5) is 13.2 Å². The van der Waals surface area contributed by atoms with Gasteiger partial charge in [0.2, 0.25) is 5.82 Å². The maximum Gasteiger partial charge on any atom is 0.254 e. The van der Waals surface area contributed by atoms with Gasteiger partial charge in [0.05, 0.1) is 5.56 Å². The standard InChI is InChI=1S/C14H17F3N2O2/c1-7-3-2-4-8(19-7)6-18-14(21)9-5-10(15)12(17)13(20)11(9)16/h5,7-8,19-20H,2-4,6H2,1H3,(H,18,21). The van der Waals surface area contributed by atoms with Crippen LogP contribution in [0.5, 0.6) is 5.75 Å². The number of aromatic hydroxyl groups is 1. The molecular weight excluding hydrogens is 285 g/mol. The first-order valence-electron chi connectivity index (χ1n) is 6.81. The van der Waals surface area contributed by atoms with E-state index in [0.29, 0.717) is 12.1 Å². The summed E-state index contributed by atoms with van der Waals surface area (Å²) in [6, 6.07) is 0.834. The van der Waals surface area contributed by atoms with Gasteiger partial charge >= 0.3 is 0 Å². The van der Waals surface area contributed by atoms with Gasteiger partial charge in [-0.05, 0) is 25.8 Å². The molecule has 0 bridgehead atoms. The second-order valence-corrected chi connectivity index (χ2v) is 5.29. The van der Waals surface area contributed by atoms with Crippen LogP contribution in [-0.4, -0.2) is 29.6 Å². The van der Waals surface area contributed by atoms with E-state index in [2.05, 4.69) is 10.6 Å². The molecule has 1 amide bonds. The second-order valence-electron chi connectivity index (χ2n) is 5.29. The average molecular weight is 302 g/mol. The molecule has 21 heavy (non-hydrogen) atoms. The highest BCUT2D eigenvalue weighted by atomic mass is 19.2. The number of phenols is 1. The molecule has 1 aromatic rings. The topological polar surface area (TPSA) is 61.4 Å². The van der Waals surface area contributed by atoms with Gasteiger partial charge in [-0.15, -0.1) is 0 Å². The van der Waals surface area contributed by atoms with E-state index in [0.717, 1.165) is 19.3 Å². The quantitative estimate of drug-likeness (QED) is 0.749. The smallest absolute Gasteiger partial charge is 0.254 e. The third-order valence-corrected chi connectivity index (χ3v) is 3.60. The van der Waals surface area contributed by atoms with Crippen LogP contribution in [0.1, 0.15) is 36.5 Å². The Morgan fingerprint density at radius 3 is 2.76 bits per heavy atom. The predicted octanol–water partition coefficient (Wildman–Crippen LogP) is 2.07. The zero-order chi connectivity index (χ0) is 15.6. The summed E-state index contributed by atoms with van der Waals surface area (Å²) in [7, 11) is 0. The lowest BCUT2D eigenvalue weighted by Gasteiger charge is -2.28. The lowest BCUT2D eigenvalue weighted by molar-refractivity contribution is 0.0940. The molecule has 0 radical (unpaired) electrons. The molecule has 1 saturated heterocycles. The Kier molecular flexibility index (Phi) is 4.72. The molecule has 2 atom stereocenters. The molecule has 0 spiro atoms. The molecule has 1 fully saturated rings. The van der Waals surface area contributed by atoms with E-state index >= 15 is 0 Å². The number of nitrogens with one attached hydrogen (secondary N) is 2. The van der Waals surface area contributed by atoms with Gasteiger partial charge in [-0.25, -0.2) is 8.78 Å². The lowest BCUT2D eigenvalue weighted by atomic mass is 9.99. The van der Waals surface area contributed by atoms with Crippen molar-refractivity contribution >= 4 is 5.91 Å². The summed E-state index contributed by atoms with van der Waals surface area (Å²) in [5.41, 5.74) is -0.713. The van der Waals surface area contributed by atoms with E-state index in [1.807, 2.05) is 6.92 Å². The van der Waals surface area contributed by atoms with Crippen LogP contribution >= 0.6 is 0 Å². The van der Waals surface area contributed by atoms with E-state index < -0.39 is 34.7 Å². The highest BCUT2D eigenvalue weighted by molar-refractivity contribution is 5.95. The van der Waals surface area contributed by atoms with Crippen LogP contribution in [0.25, 0.3) is 0 Å². The molecule has 4 nitrogen and oxygen atoms in total. The fourth-order valence-electron chi connectivity index (χ4n) is 2.47. The fraction of sp³-hybridized carbons (Fsp3) is 0.500. The zero-order valence-corrected chi connectivity index (χ0v) is 11.5. The maximum atomic E-state index is 13.6. The van der Waals surface area contributed by atoms with Crippen LogP contribution in [0, 0.1) is 17.5 Å². The predicted molar refractivity (Wildman–Crippen MR) is 70.6 cm³/mol. The molecule has 1 aromatic carbocycles. The van der Waals surface area contributed by atoms with Gasteiger partial charge in [0, 0.05) is 18.6 Å². The highest BCUT2D eigenvalue weighted by Crippen LogP contribution is 2.25. The summed E-state index contributed by atoms with van der Waals surface area (Å²) in [4.78, 5) is 11.8. The summed E-state index contributed by atoms with van der Waals surface area (Å²) in [5.74, 6) is -7.00. The highest BCUT2D eigenvalue weighted by Gasteiger charge is 2.23. The van der Waals surface area contributed by atoms with Gasteiger partial charge in [0.25, 0.3) is 5.91 Å². The van der Waals surface area contributed by atoms with E-state index in [1.165, 1.54) is 0 Å². The van der Waals surface area contributed by atoms with Crippen LogP contribution in [0.2, 0.25) is 0 Å². The van der Waals surface area contributed by atoms with Gasteiger partial charge < -0.3 is 15.7 Å². The fourth-order valence-corrected chi connectivity index (χ4v) is 2.47. The molecule has 2 rings (SSSR count).